The van der Waals surface area contributed by atoms with E-state index in [0.29, 0.717) is 12.1 Å². The van der Waals surface area contributed by atoms with Crippen LogP contribution in [0.25, 0.3) is 0 Å². The third-order valence-corrected chi connectivity index (χ3v) is 4.96. The molecule has 0 saturated heterocycles. The first-order valence-corrected chi connectivity index (χ1v) is 8.98. The molecule has 6 heteroatoms. The van der Waals surface area contributed by atoms with Gasteiger partial charge in [0.05, 0.1) is 10.7 Å². The SMILES string of the molecule is Cc1nc(CSc2ccc(C(=O)NCC(C)CO)cc2)cs1. The smallest absolute Gasteiger partial charge is 0.251 e. The van der Waals surface area contributed by atoms with Crippen LogP contribution in [0.3, 0.4) is 0 Å². The van der Waals surface area contributed by atoms with E-state index < -0.39 is 0 Å². The molecule has 118 valence electrons. The quantitative estimate of drug-likeness (QED) is 0.763. The number of amides is 1. The van der Waals surface area contributed by atoms with Crippen molar-refractivity contribution in [2.75, 3.05) is 13.2 Å². The van der Waals surface area contributed by atoms with Crippen LogP contribution in [-0.4, -0.2) is 29.1 Å². The van der Waals surface area contributed by atoms with E-state index in [4.69, 9.17) is 5.11 Å². The number of aromatic nitrogens is 1. The van der Waals surface area contributed by atoms with Crippen LogP contribution in [0.15, 0.2) is 34.5 Å². The van der Waals surface area contributed by atoms with E-state index in [1.54, 1.807) is 23.1 Å². The predicted octanol–water partition coefficient (Wildman–Crippen LogP) is 3.10. The summed E-state index contributed by atoms with van der Waals surface area (Å²) in [5.41, 5.74) is 1.73. The van der Waals surface area contributed by atoms with Crippen LogP contribution in [0.5, 0.6) is 0 Å². The first kappa shape index (κ1) is 17.0. The fraction of sp³-hybridized carbons (Fsp3) is 0.375. The molecule has 0 bridgehead atoms. The van der Waals surface area contributed by atoms with Gasteiger partial charge in [0, 0.05) is 34.7 Å². The molecule has 2 aromatic rings. The number of rotatable bonds is 7. The van der Waals surface area contributed by atoms with Crippen molar-refractivity contribution in [3.05, 3.63) is 45.9 Å². The number of benzene rings is 1. The zero-order chi connectivity index (χ0) is 15.9. The molecule has 22 heavy (non-hydrogen) atoms. The van der Waals surface area contributed by atoms with Crippen molar-refractivity contribution >= 4 is 29.0 Å². The highest BCUT2D eigenvalue weighted by molar-refractivity contribution is 7.98. The maximum Gasteiger partial charge on any atom is 0.251 e. The fourth-order valence-corrected chi connectivity index (χ4v) is 3.28. The van der Waals surface area contributed by atoms with Crippen molar-refractivity contribution in [3.63, 3.8) is 0 Å². The number of carbonyl (C=O) groups excluding carboxylic acids is 1. The number of hydrogen-bond donors (Lipinski definition) is 2. The molecule has 0 saturated carbocycles. The Morgan fingerprint density at radius 2 is 2.14 bits per heavy atom. The van der Waals surface area contributed by atoms with Crippen LogP contribution in [0, 0.1) is 12.8 Å². The van der Waals surface area contributed by atoms with E-state index in [0.717, 1.165) is 21.3 Å². The van der Waals surface area contributed by atoms with Gasteiger partial charge in [0.15, 0.2) is 0 Å². The number of thioether (sulfide) groups is 1. The number of aliphatic hydroxyl groups is 1. The summed E-state index contributed by atoms with van der Waals surface area (Å²) in [6.07, 6.45) is 0. The molecule has 0 aliphatic carbocycles. The van der Waals surface area contributed by atoms with E-state index >= 15 is 0 Å². The summed E-state index contributed by atoms with van der Waals surface area (Å²) in [5.74, 6) is 0.802. The van der Waals surface area contributed by atoms with Crippen LogP contribution in [-0.2, 0) is 5.75 Å². The van der Waals surface area contributed by atoms with Gasteiger partial charge in [-0.3, -0.25) is 4.79 Å². The number of aryl methyl sites for hydroxylation is 1. The summed E-state index contributed by atoms with van der Waals surface area (Å²) < 4.78 is 0. The zero-order valence-electron chi connectivity index (χ0n) is 12.7. The lowest BCUT2D eigenvalue weighted by atomic mass is 10.2. The average Bonchev–Trinajstić information content (AvgIpc) is 2.96. The van der Waals surface area contributed by atoms with E-state index in [9.17, 15) is 4.79 Å². The monoisotopic (exact) mass is 336 g/mol. The van der Waals surface area contributed by atoms with E-state index in [1.165, 1.54) is 0 Å². The van der Waals surface area contributed by atoms with E-state index in [2.05, 4.69) is 15.7 Å². The van der Waals surface area contributed by atoms with Crippen LogP contribution < -0.4 is 5.32 Å². The highest BCUT2D eigenvalue weighted by Gasteiger charge is 2.07. The van der Waals surface area contributed by atoms with Crippen molar-refractivity contribution in [3.8, 4) is 0 Å². The van der Waals surface area contributed by atoms with Gasteiger partial charge in [-0.1, -0.05) is 6.92 Å². The lowest BCUT2D eigenvalue weighted by molar-refractivity contribution is 0.0942. The van der Waals surface area contributed by atoms with Gasteiger partial charge in [-0.2, -0.15) is 0 Å². The van der Waals surface area contributed by atoms with Crippen LogP contribution >= 0.6 is 23.1 Å². The molecule has 2 rings (SSSR count). The molecule has 0 aliphatic heterocycles. The summed E-state index contributed by atoms with van der Waals surface area (Å²) in [6.45, 7) is 4.45. The Hall–Kier alpha value is -1.37. The predicted molar refractivity (Wildman–Crippen MR) is 91.4 cm³/mol. The Bertz CT molecular complexity index is 611. The number of carbonyl (C=O) groups is 1. The highest BCUT2D eigenvalue weighted by Crippen LogP contribution is 2.23. The molecule has 0 radical (unpaired) electrons. The molecule has 0 fully saturated rings. The third kappa shape index (κ3) is 5.12. The largest absolute Gasteiger partial charge is 0.396 e. The summed E-state index contributed by atoms with van der Waals surface area (Å²) in [5, 5.41) is 14.9. The molecular weight excluding hydrogens is 316 g/mol. The standard InChI is InChI=1S/C16H20N2O2S2/c1-11(8-19)7-17-16(20)13-3-5-15(6-4-13)22-10-14-9-21-12(2)18-14/h3-6,9,11,19H,7-8,10H2,1-2H3,(H,17,20). The Kier molecular flexibility index (Phi) is 6.42. The molecule has 4 nitrogen and oxygen atoms in total. The average molecular weight is 336 g/mol. The van der Waals surface area contributed by atoms with Gasteiger partial charge in [-0.15, -0.1) is 23.1 Å². The van der Waals surface area contributed by atoms with E-state index in [1.807, 2.05) is 38.1 Å². The Morgan fingerprint density at radius 3 is 2.73 bits per heavy atom. The molecule has 0 aliphatic rings. The molecule has 1 amide bonds. The van der Waals surface area contributed by atoms with Crippen LogP contribution in [0.1, 0.15) is 28.0 Å². The number of nitrogens with zero attached hydrogens (tertiary/aromatic N) is 1. The minimum atomic E-state index is -0.105. The Morgan fingerprint density at radius 1 is 1.41 bits per heavy atom. The molecular formula is C16H20N2O2S2. The third-order valence-electron chi connectivity index (χ3n) is 3.09. The maximum absolute atomic E-state index is 12.0. The topological polar surface area (TPSA) is 62.2 Å². The van der Waals surface area contributed by atoms with Crippen molar-refractivity contribution in [2.45, 2.75) is 24.5 Å². The van der Waals surface area contributed by atoms with Gasteiger partial charge in [-0.05, 0) is 37.1 Å². The van der Waals surface area contributed by atoms with Gasteiger partial charge in [-0.25, -0.2) is 4.98 Å². The first-order valence-electron chi connectivity index (χ1n) is 7.11. The second kappa shape index (κ2) is 8.31. The number of nitrogens with one attached hydrogen (secondary N) is 1. The number of thiazole rings is 1. The first-order chi connectivity index (χ1) is 10.6. The van der Waals surface area contributed by atoms with Crippen LogP contribution in [0.2, 0.25) is 0 Å². The zero-order valence-corrected chi connectivity index (χ0v) is 14.3. The molecule has 1 unspecified atom stereocenters. The van der Waals surface area contributed by atoms with Gasteiger partial charge in [0.1, 0.15) is 0 Å². The normalized spacial score (nSPS) is 12.1. The Labute approximate surface area is 139 Å². The van der Waals surface area contributed by atoms with Crippen molar-refractivity contribution in [1.82, 2.24) is 10.3 Å². The molecule has 1 atom stereocenters. The van der Waals surface area contributed by atoms with Crippen molar-refractivity contribution in [1.29, 1.82) is 0 Å². The molecule has 0 spiro atoms. The van der Waals surface area contributed by atoms with Gasteiger partial charge < -0.3 is 10.4 Å². The highest BCUT2D eigenvalue weighted by atomic mass is 32.2. The summed E-state index contributed by atoms with van der Waals surface area (Å²) >= 11 is 3.37. The maximum atomic E-state index is 12.0. The molecule has 1 aromatic heterocycles. The lowest BCUT2D eigenvalue weighted by Crippen LogP contribution is -2.29. The minimum Gasteiger partial charge on any atom is -0.396 e. The molecule has 2 N–H and O–H groups in total. The minimum absolute atomic E-state index is 0.0698. The van der Waals surface area contributed by atoms with E-state index in [-0.39, 0.29) is 18.4 Å². The van der Waals surface area contributed by atoms with Crippen LogP contribution in [0.4, 0.5) is 0 Å². The second-order valence-electron chi connectivity index (χ2n) is 5.17. The van der Waals surface area contributed by atoms with Gasteiger partial charge in [0.2, 0.25) is 0 Å². The Balaban J connectivity index is 1.85. The summed E-state index contributed by atoms with van der Waals surface area (Å²) in [4.78, 5) is 17.5. The molecule has 1 heterocycles. The summed E-state index contributed by atoms with van der Waals surface area (Å²) in [6, 6.07) is 7.56. The number of hydrogen-bond acceptors (Lipinski definition) is 5. The fourth-order valence-electron chi connectivity index (χ4n) is 1.77. The van der Waals surface area contributed by atoms with Crippen molar-refractivity contribution < 1.29 is 9.90 Å². The van der Waals surface area contributed by atoms with Crippen molar-refractivity contribution in [2.24, 2.45) is 5.92 Å². The van der Waals surface area contributed by atoms with Gasteiger partial charge in [0.25, 0.3) is 5.91 Å². The summed E-state index contributed by atoms with van der Waals surface area (Å²) in [7, 11) is 0. The van der Waals surface area contributed by atoms with Gasteiger partial charge >= 0.3 is 0 Å². The second-order valence-corrected chi connectivity index (χ2v) is 7.28. The molecule has 1 aromatic carbocycles. The number of aliphatic hydroxyl groups excluding tert-OH is 1. The lowest BCUT2D eigenvalue weighted by Gasteiger charge is -2.09.